The van der Waals surface area contributed by atoms with Crippen LogP contribution in [0.4, 0.5) is 17.2 Å². The lowest BCUT2D eigenvalue weighted by Gasteiger charge is -2.30. The molecule has 5 N–H and O–H groups in total. The molecule has 0 unspecified atom stereocenters. The lowest BCUT2D eigenvalue weighted by Crippen LogP contribution is -2.48. The summed E-state index contributed by atoms with van der Waals surface area (Å²) in [7, 11) is 0. The van der Waals surface area contributed by atoms with Gasteiger partial charge in [-0.05, 0) is 43.2 Å². The van der Waals surface area contributed by atoms with Gasteiger partial charge in [0.2, 0.25) is 5.91 Å². The molecule has 0 radical (unpaired) electrons. The van der Waals surface area contributed by atoms with Gasteiger partial charge in [-0.2, -0.15) is 0 Å². The summed E-state index contributed by atoms with van der Waals surface area (Å²) < 4.78 is 4.73. The van der Waals surface area contributed by atoms with E-state index >= 15 is 0 Å². The van der Waals surface area contributed by atoms with Gasteiger partial charge in [0, 0.05) is 5.54 Å². The fourth-order valence-corrected chi connectivity index (χ4v) is 2.68. The van der Waals surface area contributed by atoms with Gasteiger partial charge >= 0.3 is 0 Å². The molecule has 23 heavy (non-hydrogen) atoms. The van der Waals surface area contributed by atoms with E-state index in [0.717, 1.165) is 11.4 Å². The number of carbonyl (C=O) groups excluding carboxylic acids is 1. The zero-order valence-corrected chi connectivity index (χ0v) is 13.3. The minimum Gasteiger partial charge on any atom is -0.379 e. The molecule has 0 saturated heterocycles. The maximum atomic E-state index is 12.5. The molecule has 3 rings (SSSR count). The first kappa shape index (κ1) is 15.1. The van der Waals surface area contributed by atoms with Crippen molar-refractivity contribution in [1.82, 2.24) is 15.6 Å². The summed E-state index contributed by atoms with van der Waals surface area (Å²) >= 11 is 0. The predicted molar refractivity (Wildman–Crippen MR) is 86.6 cm³/mol. The van der Waals surface area contributed by atoms with Gasteiger partial charge in [-0.25, -0.2) is 4.63 Å². The number of fused-ring (bicyclic) bond motifs is 1. The standard InChI is InChI=1S/C15H20N6O2/c1-14(2,3)19-11(22)8-15(12-13(16)21-23-20-12)17-9-6-4-5-7-10(9)18-15/h4-7,17-18H,8H2,1-3H3,(H2,16,21)(H,19,22). The van der Waals surface area contributed by atoms with Crippen molar-refractivity contribution in [1.29, 1.82) is 0 Å². The van der Waals surface area contributed by atoms with Crippen LogP contribution in [0.25, 0.3) is 0 Å². The van der Waals surface area contributed by atoms with Crippen LogP contribution in [-0.4, -0.2) is 21.8 Å². The molecule has 1 amide bonds. The summed E-state index contributed by atoms with van der Waals surface area (Å²) in [6.07, 6.45) is 0.0807. The molecular formula is C15H20N6O2. The molecule has 2 heterocycles. The molecular weight excluding hydrogens is 296 g/mol. The average Bonchev–Trinajstić information content (AvgIpc) is 2.99. The number of nitrogens with zero attached hydrogens (tertiary/aromatic N) is 2. The highest BCUT2D eigenvalue weighted by atomic mass is 16.6. The van der Waals surface area contributed by atoms with Crippen molar-refractivity contribution in [3.8, 4) is 0 Å². The first-order valence-corrected chi connectivity index (χ1v) is 7.34. The van der Waals surface area contributed by atoms with Crippen LogP contribution in [-0.2, 0) is 10.5 Å². The Morgan fingerprint density at radius 3 is 2.35 bits per heavy atom. The van der Waals surface area contributed by atoms with Crippen molar-refractivity contribution >= 4 is 23.1 Å². The largest absolute Gasteiger partial charge is 0.379 e. The number of hydrogen-bond acceptors (Lipinski definition) is 7. The summed E-state index contributed by atoms with van der Waals surface area (Å²) in [5.74, 6) is -0.00549. The van der Waals surface area contributed by atoms with E-state index in [9.17, 15) is 4.79 Å². The number of nitrogens with one attached hydrogen (secondary N) is 3. The monoisotopic (exact) mass is 316 g/mol. The summed E-state index contributed by atoms with van der Waals surface area (Å²) in [6.45, 7) is 5.77. The third kappa shape index (κ3) is 2.92. The lowest BCUT2D eigenvalue weighted by atomic mass is 10.0. The summed E-state index contributed by atoms with van der Waals surface area (Å²) in [6, 6.07) is 7.64. The number of aromatic nitrogens is 2. The molecule has 0 bridgehead atoms. The quantitative estimate of drug-likeness (QED) is 0.680. The third-order valence-electron chi connectivity index (χ3n) is 3.48. The fraction of sp³-hybridized carbons (Fsp3) is 0.400. The van der Waals surface area contributed by atoms with Gasteiger partial charge in [0.1, 0.15) is 0 Å². The van der Waals surface area contributed by atoms with E-state index in [1.54, 1.807) is 0 Å². The predicted octanol–water partition coefficient (Wildman–Crippen LogP) is 1.65. The topological polar surface area (TPSA) is 118 Å². The first-order valence-electron chi connectivity index (χ1n) is 7.34. The molecule has 1 aliphatic heterocycles. The molecule has 1 aromatic carbocycles. The van der Waals surface area contributed by atoms with E-state index in [1.807, 2.05) is 45.0 Å². The molecule has 0 atom stereocenters. The number of nitrogen functional groups attached to an aromatic ring is 1. The molecule has 0 fully saturated rings. The van der Waals surface area contributed by atoms with E-state index in [-0.39, 0.29) is 23.7 Å². The van der Waals surface area contributed by atoms with E-state index in [0.29, 0.717) is 5.69 Å². The number of benzene rings is 1. The van der Waals surface area contributed by atoms with Crippen LogP contribution in [0.5, 0.6) is 0 Å². The molecule has 1 aliphatic rings. The van der Waals surface area contributed by atoms with Crippen LogP contribution in [0.15, 0.2) is 28.9 Å². The number of rotatable bonds is 3. The number of hydrogen-bond donors (Lipinski definition) is 4. The van der Waals surface area contributed by atoms with Crippen LogP contribution in [0.3, 0.4) is 0 Å². The van der Waals surface area contributed by atoms with Crippen LogP contribution in [0, 0.1) is 0 Å². The Labute approximate surface area is 133 Å². The molecule has 0 saturated carbocycles. The molecule has 8 heteroatoms. The van der Waals surface area contributed by atoms with Crippen LogP contribution >= 0.6 is 0 Å². The van der Waals surface area contributed by atoms with Crippen molar-refractivity contribution in [2.75, 3.05) is 16.4 Å². The van der Waals surface area contributed by atoms with Gasteiger partial charge in [-0.1, -0.05) is 12.1 Å². The van der Waals surface area contributed by atoms with Gasteiger partial charge in [0.05, 0.1) is 17.8 Å². The summed E-state index contributed by atoms with van der Waals surface area (Å²) in [4.78, 5) is 12.5. The van der Waals surface area contributed by atoms with Crippen LogP contribution in [0.1, 0.15) is 32.9 Å². The van der Waals surface area contributed by atoms with E-state index in [2.05, 4.69) is 26.3 Å². The Kier molecular flexibility index (Phi) is 3.39. The zero-order valence-electron chi connectivity index (χ0n) is 13.3. The minimum absolute atomic E-state index is 0.0807. The molecule has 122 valence electrons. The van der Waals surface area contributed by atoms with Crippen LogP contribution in [0.2, 0.25) is 0 Å². The SMILES string of the molecule is CC(C)(C)NC(=O)CC1(c2nonc2N)Nc2ccccc2N1. The maximum absolute atomic E-state index is 12.5. The Morgan fingerprint density at radius 2 is 1.87 bits per heavy atom. The van der Waals surface area contributed by atoms with Gasteiger partial charge < -0.3 is 21.7 Å². The second-order valence-electron chi connectivity index (χ2n) is 6.67. The number of anilines is 3. The van der Waals surface area contributed by atoms with E-state index < -0.39 is 5.66 Å². The second kappa shape index (κ2) is 5.15. The Hall–Kier alpha value is -2.77. The van der Waals surface area contributed by atoms with E-state index in [1.165, 1.54) is 0 Å². The fourth-order valence-electron chi connectivity index (χ4n) is 2.68. The van der Waals surface area contributed by atoms with Crippen molar-refractivity contribution in [3.05, 3.63) is 30.0 Å². The molecule has 0 spiro atoms. The first-order chi connectivity index (χ1) is 10.8. The molecule has 0 aliphatic carbocycles. The zero-order chi connectivity index (χ0) is 16.7. The highest BCUT2D eigenvalue weighted by Crippen LogP contribution is 2.42. The maximum Gasteiger partial charge on any atom is 0.225 e. The summed E-state index contributed by atoms with van der Waals surface area (Å²) in [5.41, 5.74) is 6.61. The lowest BCUT2D eigenvalue weighted by molar-refractivity contribution is -0.123. The number of nitrogens with two attached hydrogens (primary N) is 1. The summed E-state index contributed by atoms with van der Waals surface area (Å²) in [5, 5.41) is 17.0. The molecule has 8 nitrogen and oxygen atoms in total. The third-order valence-corrected chi connectivity index (χ3v) is 3.48. The Balaban J connectivity index is 1.94. The molecule has 1 aromatic heterocycles. The highest BCUT2D eigenvalue weighted by Gasteiger charge is 2.44. The van der Waals surface area contributed by atoms with Crippen molar-refractivity contribution in [2.45, 2.75) is 38.4 Å². The average molecular weight is 316 g/mol. The van der Waals surface area contributed by atoms with Gasteiger partial charge in [0.25, 0.3) is 0 Å². The second-order valence-corrected chi connectivity index (χ2v) is 6.67. The van der Waals surface area contributed by atoms with Gasteiger partial charge in [-0.3, -0.25) is 4.79 Å². The van der Waals surface area contributed by atoms with E-state index in [4.69, 9.17) is 10.4 Å². The Bertz CT molecular complexity index is 709. The number of amides is 1. The van der Waals surface area contributed by atoms with Crippen molar-refractivity contribution in [2.24, 2.45) is 0 Å². The number of carbonyl (C=O) groups is 1. The minimum atomic E-state index is -0.997. The Morgan fingerprint density at radius 1 is 1.26 bits per heavy atom. The van der Waals surface area contributed by atoms with Crippen LogP contribution < -0.4 is 21.7 Å². The van der Waals surface area contributed by atoms with Gasteiger partial charge in [0.15, 0.2) is 17.2 Å². The normalized spacial score (nSPS) is 15.4. The highest BCUT2D eigenvalue weighted by molar-refractivity contribution is 5.84. The van der Waals surface area contributed by atoms with Crippen molar-refractivity contribution < 1.29 is 9.42 Å². The number of para-hydroxylation sites is 2. The van der Waals surface area contributed by atoms with Gasteiger partial charge in [-0.15, -0.1) is 0 Å². The smallest absolute Gasteiger partial charge is 0.225 e. The molecule has 2 aromatic rings. The van der Waals surface area contributed by atoms with Crippen molar-refractivity contribution in [3.63, 3.8) is 0 Å².